The van der Waals surface area contributed by atoms with Crippen molar-refractivity contribution in [3.63, 3.8) is 0 Å². The molecule has 1 aliphatic carbocycles. The summed E-state index contributed by atoms with van der Waals surface area (Å²) < 4.78 is 15.3. The Kier molecular flexibility index (Phi) is 4.29. The summed E-state index contributed by atoms with van der Waals surface area (Å²) in [6, 6.07) is 0.212. The van der Waals surface area contributed by atoms with Crippen LogP contribution >= 0.6 is 0 Å². The standard InChI is InChI=1S/C13H26N2O2S/c1-12(2,3)18(17)15-11-9-14-7-6-13(11)5-4-10(16)8-13/h10-11,14-16H,4-9H2,1-3H3/t10-,11?,13?,18?/m0/s1. The van der Waals surface area contributed by atoms with Crippen LogP contribution in [0.25, 0.3) is 0 Å². The Hall–Kier alpha value is 0.190. The van der Waals surface area contributed by atoms with Gasteiger partial charge < -0.3 is 15.0 Å². The monoisotopic (exact) mass is 274 g/mol. The highest BCUT2D eigenvalue weighted by atomic mass is 32.2. The van der Waals surface area contributed by atoms with Gasteiger partial charge in [-0.25, -0.2) is 0 Å². The Bertz CT molecular complexity index is 291. The second kappa shape index (κ2) is 5.29. The molecule has 1 saturated heterocycles. The summed E-state index contributed by atoms with van der Waals surface area (Å²) in [7, 11) is 0. The van der Waals surface area contributed by atoms with Crippen LogP contribution < -0.4 is 10.0 Å². The second-order valence-electron chi connectivity index (χ2n) is 6.76. The molecule has 2 rings (SSSR count). The maximum Gasteiger partial charge on any atom is 0.136 e. The zero-order valence-electron chi connectivity index (χ0n) is 11.7. The van der Waals surface area contributed by atoms with E-state index in [-0.39, 0.29) is 22.3 Å². The topological polar surface area (TPSA) is 67.3 Å². The Labute approximate surface area is 113 Å². The van der Waals surface area contributed by atoms with Crippen LogP contribution in [-0.4, -0.2) is 39.6 Å². The molecule has 1 heterocycles. The quantitative estimate of drug-likeness (QED) is 0.655. The Morgan fingerprint density at radius 1 is 1.39 bits per heavy atom. The van der Waals surface area contributed by atoms with E-state index in [2.05, 4.69) is 10.0 Å². The number of hydrogen-bond donors (Lipinski definition) is 3. The Morgan fingerprint density at radius 2 is 2.11 bits per heavy atom. The van der Waals surface area contributed by atoms with Gasteiger partial charge in [0.05, 0.1) is 12.1 Å². The first-order valence-electron chi connectivity index (χ1n) is 6.90. The van der Waals surface area contributed by atoms with E-state index in [4.69, 9.17) is 0 Å². The van der Waals surface area contributed by atoms with Crippen LogP contribution in [0.2, 0.25) is 0 Å². The van der Waals surface area contributed by atoms with Crippen molar-refractivity contribution in [3.05, 3.63) is 0 Å². The lowest BCUT2D eigenvalue weighted by Crippen LogP contribution is -2.58. The average Bonchev–Trinajstić information content (AvgIpc) is 2.63. The summed E-state index contributed by atoms with van der Waals surface area (Å²) in [6.45, 7) is 7.83. The van der Waals surface area contributed by atoms with Crippen LogP contribution in [0.3, 0.4) is 0 Å². The minimum absolute atomic E-state index is 0.144. The van der Waals surface area contributed by atoms with Crippen molar-refractivity contribution in [1.29, 1.82) is 0 Å². The summed E-state index contributed by atoms with van der Waals surface area (Å²) in [5.74, 6) is 0. The van der Waals surface area contributed by atoms with Gasteiger partial charge >= 0.3 is 0 Å². The zero-order chi connectivity index (χ0) is 13.4. The van der Waals surface area contributed by atoms with Gasteiger partial charge in [-0.05, 0) is 58.4 Å². The van der Waals surface area contributed by atoms with Crippen LogP contribution in [0.1, 0.15) is 46.5 Å². The number of aliphatic hydroxyl groups is 1. The van der Waals surface area contributed by atoms with Gasteiger partial charge in [-0.1, -0.05) is 0 Å². The summed E-state index contributed by atoms with van der Waals surface area (Å²) in [6.07, 6.45) is 3.70. The number of rotatable bonds is 2. The lowest BCUT2D eigenvalue weighted by atomic mass is 9.74. The van der Waals surface area contributed by atoms with Crippen LogP contribution in [-0.2, 0) is 11.4 Å². The van der Waals surface area contributed by atoms with E-state index < -0.39 is 11.4 Å². The molecule has 0 aromatic rings. The SMILES string of the molecule is CC(C)(C)[S+]([O-])NC1CNCCC12CC[C@H](O)C2. The third kappa shape index (κ3) is 3.02. The minimum Gasteiger partial charge on any atom is -0.598 e. The molecule has 0 aromatic carbocycles. The predicted octanol–water partition coefficient (Wildman–Crippen LogP) is 0.931. The van der Waals surface area contributed by atoms with Crippen molar-refractivity contribution < 1.29 is 9.66 Å². The van der Waals surface area contributed by atoms with Crippen molar-refractivity contribution in [2.75, 3.05) is 13.1 Å². The molecule has 0 aromatic heterocycles. The summed E-state index contributed by atoms with van der Waals surface area (Å²) in [5.41, 5.74) is 0.144. The fourth-order valence-corrected chi connectivity index (χ4v) is 4.06. The van der Waals surface area contributed by atoms with E-state index in [0.29, 0.717) is 0 Å². The van der Waals surface area contributed by atoms with Gasteiger partial charge in [-0.3, -0.25) is 0 Å². The van der Waals surface area contributed by atoms with E-state index in [9.17, 15) is 9.66 Å². The number of piperidine rings is 1. The van der Waals surface area contributed by atoms with Crippen LogP contribution in [0.5, 0.6) is 0 Å². The highest BCUT2D eigenvalue weighted by Gasteiger charge is 2.48. The molecule has 4 atom stereocenters. The largest absolute Gasteiger partial charge is 0.598 e. The molecule has 1 saturated carbocycles. The van der Waals surface area contributed by atoms with E-state index in [1.165, 1.54) is 0 Å². The molecule has 1 aliphatic heterocycles. The second-order valence-corrected chi connectivity index (χ2v) is 8.76. The third-order valence-corrected chi connectivity index (χ3v) is 5.92. The Morgan fingerprint density at radius 3 is 2.67 bits per heavy atom. The Balaban J connectivity index is 2.05. The molecule has 18 heavy (non-hydrogen) atoms. The molecular weight excluding hydrogens is 248 g/mol. The summed E-state index contributed by atoms with van der Waals surface area (Å²) in [4.78, 5) is 0. The maximum atomic E-state index is 12.3. The molecule has 3 N–H and O–H groups in total. The fourth-order valence-electron chi connectivity index (χ4n) is 3.12. The first-order valence-corrected chi connectivity index (χ1v) is 8.05. The van der Waals surface area contributed by atoms with E-state index in [1.54, 1.807) is 0 Å². The van der Waals surface area contributed by atoms with Crippen molar-refractivity contribution in [2.45, 2.75) is 63.3 Å². The number of aliphatic hydroxyl groups excluding tert-OH is 1. The smallest absolute Gasteiger partial charge is 0.136 e. The molecule has 0 radical (unpaired) electrons. The lowest BCUT2D eigenvalue weighted by Gasteiger charge is -2.42. The number of hydrogen-bond acceptors (Lipinski definition) is 4. The van der Waals surface area contributed by atoms with Gasteiger partial charge in [0.15, 0.2) is 0 Å². The average molecular weight is 274 g/mol. The first kappa shape index (κ1) is 14.6. The summed E-state index contributed by atoms with van der Waals surface area (Å²) in [5, 5.41) is 13.2. The van der Waals surface area contributed by atoms with Gasteiger partial charge in [-0.15, -0.1) is 4.72 Å². The van der Waals surface area contributed by atoms with Crippen molar-refractivity contribution in [3.8, 4) is 0 Å². The molecule has 0 bridgehead atoms. The molecule has 2 aliphatic rings. The lowest BCUT2D eigenvalue weighted by molar-refractivity contribution is 0.117. The van der Waals surface area contributed by atoms with Gasteiger partial charge in [0.2, 0.25) is 0 Å². The number of nitrogens with one attached hydrogen (secondary N) is 2. The summed E-state index contributed by atoms with van der Waals surface area (Å²) >= 11 is -1.04. The highest BCUT2D eigenvalue weighted by Crippen LogP contribution is 2.45. The van der Waals surface area contributed by atoms with Crippen molar-refractivity contribution in [1.82, 2.24) is 10.0 Å². The van der Waals surface area contributed by atoms with Crippen LogP contribution in [0, 0.1) is 5.41 Å². The minimum atomic E-state index is -1.04. The van der Waals surface area contributed by atoms with Gasteiger partial charge in [0, 0.05) is 17.9 Å². The van der Waals surface area contributed by atoms with Crippen molar-refractivity contribution in [2.24, 2.45) is 5.41 Å². The molecule has 3 unspecified atom stereocenters. The highest BCUT2D eigenvalue weighted by molar-refractivity contribution is 7.90. The molecule has 106 valence electrons. The van der Waals surface area contributed by atoms with E-state index >= 15 is 0 Å². The first-order chi connectivity index (χ1) is 8.33. The molecule has 1 spiro atoms. The molecular formula is C13H26N2O2S. The van der Waals surface area contributed by atoms with E-state index in [1.807, 2.05) is 20.8 Å². The normalized spacial score (nSPS) is 39.2. The zero-order valence-corrected chi connectivity index (χ0v) is 12.5. The molecule has 2 fully saturated rings. The van der Waals surface area contributed by atoms with Crippen molar-refractivity contribution >= 4 is 11.4 Å². The fraction of sp³-hybridized carbons (Fsp3) is 1.00. The van der Waals surface area contributed by atoms with Gasteiger partial charge in [0.1, 0.15) is 4.75 Å². The van der Waals surface area contributed by atoms with E-state index in [0.717, 1.165) is 38.8 Å². The maximum absolute atomic E-state index is 12.3. The predicted molar refractivity (Wildman–Crippen MR) is 74.6 cm³/mol. The molecule has 5 heteroatoms. The van der Waals surface area contributed by atoms with Gasteiger partial charge in [-0.2, -0.15) is 0 Å². The van der Waals surface area contributed by atoms with Gasteiger partial charge in [0.25, 0.3) is 0 Å². The van der Waals surface area contributed by atoms with Crippen LogP contribution in [0.4, 0.5) is 0 Å². The molecule has 0 amide bonds. The third-order valence-electron chi connectivity index (χ3n) is 4.31. The molecule has 4 nitrogen and oxygen atoms in total. The van der Waals surface area contributed by atoms with Crippen LogP contribution in [0.15, 0.2) is 0 Å².